The molecule has 2 aliphatic carbocycles. The van der Waals surface area contributed by atoms with E-state index in [0.717, 1.165) is 0 Å². The molecule has 0 aromatic heterocycles. The summed E-state index contributed by atoms with van der Waals surface area (Å²) in [5.74, 6) is 0. The van der Waals surface area contributed by atoms with Crippen LogP contribution in [-0.4, -0.2) is 0 Å². The molecule has 10 aromatic carbocycles. The van der Waals surface area contributed by atoms with Crippen molar-refractivity contribution in [3.63, 3.8) is 0 Å². The molecule has 0 fully saturated rings. The van der Waals surface area contributed by atoms with Gasteiger partial charge in [0.05, 0.1) is 0 Å². The van der Waals surface area contributed by atoms with Crippen LogP contribution in [0.3, 0.4) is 0 Å². The Kier molecular flexibility index (Phi) is 9.00. The highest BCUT2D eigenvalue weighted by atomic mass is 14.4. The molecule has 10 aromatic rings. The van der Waals surface area contributed by atoms with Crippen molar-refractivity contribution >= 4 is 43.1 Å². The second-order valence-corrected chi connectivity index (χ2v) is 21.3. The van der Waals surface area contributed by atoms with Gasteiger partial charge in [-0.15, -0.1) is 0 Å². The molecule has 2 aliphatic rings. The lowest BCUT2D eigenvalue weighted by Crippen LogP contribution is -2.12. The average molecular weight is 825 g/mol. The van der Waals surface area contributed by atoms with Crippen LogP contribution in [0.25, 0.3) is 110 Å². The first-order valence-corrected chi connectivity index (χ1v) is 23.1. The van der Waals surface area contributed by atoms with Crippen LogP contribution < -0.4 is 0 Å². The fourth-order valence-electron chi connectivity index (χ4n) is 10.6. The molecule has 0 unspecified atom stereocenters. The second-order valence-electron chi connectivity index (χ2n) is 21.3. The Balaban J connectivity index is 0.000000188. The van der Waals surface area contributed by atoms with Gasteiger partial charge in [0, 0.05) is 0 Å². The third kappa shape index (κ3) is 6.41. The Morgan fingerprint density at radius 3 is 1.14 bits per heavy atom. The van der Waals surface area contributed by atoms with E-state index in [2.05, 4.69) is 238 Å². The highest BCUT2D eigenvalue weighted by Crippen LogP contribution is 2.59. The molecular weight excluding hydrogens is 769 g/mol. The topological polar surface area (TPSA) is 0 Å². The largest absolute Gasteiger partial charge is 0.0622 e. The van der Waals surface area contributed by atoms with Crippen molar-refractivity contribution in [3.05, 3.63) is 193 Å². The summed E-state index contributed by atoms with van der Waals surface area (Å²) in [6, 6.07) is 65.9. The first-order chi connectivity index (χ1) is 30.6. The van der Waals surface area contributed by atoms with Crippen molar-refractivity contribution in [2.24, 2.45) is 0 Å². The maximum atomic E-state index is 2.51. The van der Waals surface area contributed by atoms with Gasteiger partial charge < -0.3 is 0 Å². The fraction of sp³-hybridized carbons (Fsp3) is 0.188. The molecule has 0 saturated carbocycles. The SMILES string of the molecule is CC(C)(C)c1cc2c3c(cc(C(C)(C)C)cc3c1)-c1c-2c(-c2ccccc2)c2ccc(C(C)(C)C)cc2c1-c1ccccc1.c1ccc2cc3c(cc2c1)-c1cccc2cccc-3c12. The molecule has 0 nitrogen and oxygen atoms in total. The van der Waals surface area contributed by atoms with Crippen molar-refractivity contribution in [2.75, 3.05) is 0 Å². The third-order valence-corrected chi connectivity index (χ3v) is 14.0. The Morgan fingerprint density at radius 1 is 0.250 bits per heavy atom. The second kappa shape index (κ2) is 14.4. The molecule has 0 saturated heterocycles. The zero-order chi connectivity index (χ0) is 44.3. The van der Waals surface area contributed by atoms with E-state index in [4.69, 9.17) is 0 Å². The molecule has 64 heavy (non-hydrogen) atoms. The van der Waals surface area contributed by atoms with E-state index in [0.29, 0.717) is 0 Å². The maximum Gasteiger partial charge on any atom is -0.000731 e. The van der Waals surface area contributed by atoms with Crippen LogP contribution in [0.2, 0.25) is 0 Å². The van der Waals surface area contributed by atoms with Crippen molar-refractivity contribution < 1.29 is 0 Å². The molecule has 12 rings (SSSR count). The average Bonchev–Trinajstić information content (AvgIpc) is 3.77. The Morgan fingerprint density at radius 2 is 0.672 bits per heavy atom. The van der Waals surface area contributed by atoms with Crippen molar-refractivity contribution in [2.45, 2.75) is 78.6 Å². The smallest absolute Gasteiger partial charge is 0.000731 e. The zero-order valence-corrected chi connectivity index (χ0v) is 38.7. The predicted octanol–water partition coefficient (Wildman–Crippen LogP) is 18.5. The lowest BCUT2D eigenvalue weighted by Gasteiger charge is -2.25. The van der Waals surface area contributed by atoms with Crippen LogP contribution in [0.15, 0.2) is 176 Å². The normalized spacial score (nSPS) is 12.8. The molecule has 0 heteroatoms. The molecule has 0 amide bonds. The van der Waals surface area contributed by atoms with E-state index in [1.807, 2.05) is 0 Å². The molecule has 312 valence electrons. The van der Waals surface area contributed by atoms with Crippen molar-refractivity contribution in [3.8, 4) is 66.8 Å². The minimum Gasteiger partial charge on any atom is -0.0622 e. The summed E-state index contributed by atoms with van der Waals surface area (Å²) < 4.78 is 0. The number of benzene rings is 10. The van der Waals surface area contributed by atoms with Crippen LogP contribution in [0.5, 0.6) is 0 Å². The molecule has 0 aliphatic heterocycles. The summed E-state index contributed by atoms with van der Waals surface area (Å²) in [5.41, 5.74) is 20.5. The lowest BCUT2D eigenvalue weighted by molar-refractivity contribution is 0.589. The summed E-state index contributed by atoms with van der Waals surface area (Å²) in [6.45, 7) is 21.0. The summed E-state index contributed by atoms with van der Waals surface area (Å²) in [5, 5.41) is 10.8. The van der Waals surface area contributed by atoms with Gasteiger partial charge in [0.2, 0.25) is 0 Å². The minimum atomic E-state index is 0.0246. The van der Waals surface area contributed by atoms with E-state index in [9.17, 15) is 0 Å². The van der Waals surface area contributed by atoms with Crippen LogP contribution in [0, 0.1) is 0 Å². The zero-order valence-electron chi connectivity index (χ0n) is 38.7. The summed E-state index contributed by atoms with van der Waals surface area (Å²) in [6.07, 6.45) is 0. The maximum absolute atomic E-state index is 2.51. The molecule has 0 atom stereocenters. The monoisotopic (exact) mass is 824 g/mol. The van der Waals surface area contributed by atoms with Gasteiger partial charge in [0.1, 0.15) is 0 Å². The van der Waals surface area contributed by atoms with Gasteiger partial charge in [0.15, 0.2) is 0 Å². The van der Waals surface area contributed by atoms with Crippen LogP contribution in [-0.2, 0) is 16.2 Å². The number of hydrogen-bond acceptors (Lipinski definition) is 0. The number of fused-ring (bicyclic) bond motifs is 8. The molecule has 0 spiro atoms. The van der Waals surface area contributed by atoms with Gasteiger partial charge in [0.25, 0.3) is 0 Å². The van der Waals surface area contributed by atoms with E-state index >= 15 is 0 Å². The fourth-order valence-corrected chi connectivity index (χ4v) is 10.6. The Hall–Kier alpha value is -6.76. The molecule has 0 N–H and O–H groups in total. The highest BCUT2D eigenvalue weighted by Gasteiger charge is 2.34. The van der Waals surface area contributed by atoms with Crippen molar-refractivity contribution in [1.82, 2.24) is 0 Å². The van der Waals surface area contributed by atoms with Gasteiger partial charge in [-0.3, -0.25) is 0 Å². The summed E-state index contributed by atoms with van der Waals surface area (Å²) in [4.78, 5) is 0. The van der Waals surface area contributed by atoms with Crippen LogP contribution in [0.1, 0.15) is 79.0 Å². The molecule has 0 radical (unpaired) electrons. The van der Waals surface area contributed by atoms with Gasteiger partial charge in [-0.2, -0.15) is 0 Å². The van der Waals surface area contributed by atoms with Gasteiger partial charge in [-0.1, -0.05) is 208 Å². The Labute approximate surface area is 379 Å². The van der Waals surface area contributed by atoms with Crippen molar-refractivity contribution in [1.29, 1.82) is 0 Å². The first-order valence-electron chi connectivity index (χ1n) is 23.1. The lowest BCUT2D eigenvalue weighted by atomic mass is 9.79. The van der Waals surface area contributed by atoms with Gasteiger partial charge in [-0.05, 0) is 173 Å². The molecule has 0 bridgehead atoms. The summed E-state index contributed by atoms with van der Waals surface area (Å²) >= 11 is 0. The first kappa shape index (κ1) is 40.0. The van der Waals surface area contributed by atoms with Gasteiger partial charge >= 0.3 is 0 Å². The predicted molar refractivity (Wildman–Crippen MR) is 279 cm³/mol. The highest BCUT2D eigenvalue weighted by molar-refractivity contribution is 6.28. The molecular formula is C64H56. The Bertz CT molecular complexity index is 3420. The molecule has 0 heterocycles. The van der Waals surface area contributed by atoms with E-state index in [1.165, 1.54) is 127 Å². The number of rotatable bonds is 2. The van der Waals surface area contributed by atoms with Gasteiger partial charge in [-0.25, -0.2) is 0 Å². The third-order valence-electron chi connectivity index (χ3n) is 14.0. The van der Waals surface area contributed by atoms with E-state index in [1.54, 1.807) is 0 Å². The van der Waals surface area contributed by atoms with E-state index < -0.39 is 0 Å². The van der Waals surface area contributed by atoms with E-state index in [-0.39, 0.29) is 16.2 Å². The van der Waals surface area contributed by atoms with Crippen LogP contribution in [0.4, 0.5) is 0 Å². The standard InChI is InChI=1S/C44H44.C20H12/c1-42(2,3)30-20-21-33-34(24-30)39(28-18-14-11-15-19-28)41-36-26-32(44(7,8)9)23-29-22-31(43(4,5)6)25-35(37(29)36)40(41)38(33)27-16-12-10-13-17-27;1-2-6-15-12-19-17-10-4-8-13-7-3-9-16(20(13)17)18(19)11-14(15)5-1/h10-26H,1-9H3;1-12H. The van der Waals surface area contributed by atoms with Crippen LogP contribution >= 0.6 is 0 Å². The summed E-state index contributed by atoms with van der Waals surface area (Å²) in [7, 11) is 0. The minimum absolute atomic E-state index is 0.0246. The quantitative estimate of drug-likeness (QED) is 0.163. The number of hydrogen-bond donors (Lipinski definition) is 0.